The molecule has 2 aromatic carbocycles. The summed E-state index contributed by atoms with van der Waals surface area (Å²) in [5.41, 5.74) is -5.89. The molecule has 9 atom stereocenters. The monoisotopic (exact) mass is 692 g/mol. The van der Waals surface area contributed by atoms with E-state index in [1.54, 1.807) is 50.2 Å². The van der Waals surface area contributed by atoms with Gasteiger partial charge in [-0.05, 0) is 31.2 Å². The number of esters is 4. The highest BCUT2D eigenvalue weighted by molar-refractivity contribution is 5.93. The molecule has 12 heteroatoms. The average molecular weight is 693 g/mol. The van der Waals surface area contributed by atoms with E-state index < -0.39 is 95.1 Å². The standard InChI is InChI=1S/C38H44O12/c1-21-18-19-36(5,6)33(47-23(3)39)28(41)30(49-35(45)26-16-12-9-13-17-26)22(2)29(48-34(44)25-14-10-8-11-15-25)27-32(43)37(7,50-24(4)40)20-38(27,46)31(21)42/h8-19,21,27-30,32-33,41,43,46H,2,20H2,1,3-7H3. The Morgan fingerprint density at radius 2 is 1.30 bits per heavy atom. The van der Waals surface area contributed by atoms with Crippen molar-refractivity contribution >= 4 is 29.7 Å². The molecule has 4 rings (SSSR count). The van der Waals surface area contributed by atoms with Crippen LogP contribution in [0.4, 0.5) is 0 Å². The molecule has 0 spiro atoms. The van der Waals surface area contributed by atoms with Gasteiger partial charge in [0.15, 0.2) is 11.9 Å². The number of carbonyl (C=O) groups is 5. The van der Waals surface area contributed by atoms with Gasteiger partial charge >= 0.3 is 23.9 Å². The van der Waals surface area contributed by atoms with E-state index in [0.29, 0.717) is 0 Å². The number of carbonyl (C=O) groups excluding carboxylic acids is 5. The number of ketones is 1. The Labute approximate surface area is 290 Å². The van der Waals surface area contributed by atoms with E-state index in [1.165, 1.54) is 50.3 Å². The molecule has 0 aromatic heterocycles. The fraction of sp³-hybridized carbons (Fsp3) is 0.447. The Hall–Kier alpha value is -4.65. The molecule has 12 nitrogen and oxygen atoms in total. The van der Waals surface area contributed by atoms with Crippen LogP contribution in [-0.2, 0) is 33.3 Å². The lowest BCUT2D eigenvalue weighted by molar-refractivity contribution is -0.170. The second kappa shape index (κ2) is 14.7. The molecule has 9 unspecified atom stereocenters. The quantitative estimate of drug-likeness (QED) is 0.228. The maximum Gasteiger partial charge on any atom is 0.338 e. The molecule has 0 bridgehead atoms. The van der Waals surface area contributed by atoms with Gasteiger partial charge in [-0.15, -0.1) is 0 Å². The van der Waals surface area contributed by atoms with Crippen LogP contribution in [0.2, 0.25) is 0 Å². The third-order valence-corrected chi connectivity index (χ3v) is 9.36. The number of rotatable bonds is 6. The molecule has 1 saturated carbocycles. The van der Waals surface area contributed by atoms with E-state index in [0.717, 1.165) is 13.8 Å². The van der Waals surface area contributed by atoms with Crippen LogP contribution in [0.25, 0.3) is 0 Å². The molecule has 0 aliphatic heterocycles. The second-order valence-corrected chi connectivity index (χ2v) is 13.8. The number of hydrogen-bond acceptors (Lipinski definition) is 12. The van der Waals surface area contributed by atoms with Crippen molar-refractivity contribution in [3.05, 3.63) is 96.1 Å². The normalized spacial score (nSPS) is 32.5. The maximum atomic E-state index is 14.3. The van der Waals surface area contributed by atoms with Gasteiger partial charge in [0.25, 0.3) is 0 Å². The molecule has 0 radical (unpaired) electrons. The average Bonchev–Trinajstić information content (AvgIpc) is 3.26. The Bertz CT molecular complexity index is 1650. The number of benzene rings is 2. The molecule has 0 saturated heterocycles. The van der Waals surface area contributed by atoms with Crippen molar-refractivity contribution in [3.63, 3.8) is 0 Å². The number of fused-ring (bicyclic) bond motifs is 1. The summed E-state index contributed by atoms with van der Waals surface area (Å²) in [5, 5.41) is 36.4. The minimum atomic E-state index is -2.53. The Morgan fingerprint density at radius 1 is 0.800 bits per heavy atom. The first-order valence-corrected chi connectivity index (χ1v) is 16.2. The van der Waals surface area contributed by atoms with Crippen molar-refractivity contribution in [1.82, 2.24) is 0 Å². The lowest BCUT2D eigenvalue weighted by Crippen LogP contribution is -2.57. The van der Waals surface area contributed by atoms with Crippen molar-refractivity contribution in [2.24, 2.45) is 17.3 Å². The summed E-state index contributed by atoms with van der Waals surface area (Å²) in [7, 11) is 0. The van der Waals surface area contributed by atoms with E-state index in [1.807, 2.05) is 0 Å². The highest BCUT2D eigenvalue weighted by atomic mass is 16.6. The van der Waals surface area contributed by atoms with Crippen LogP contribution >= 0.6 is 0 Å². The van der Waals surface area contributed by atoms with Crippen LogP contribution in [0.5, 0.6) is 0 Å². The Morgan fingerprint density at radius 3 is 1.78 bits per heavy atom. The third-order valence-electron chi connectivity index (χ3n) is 9.36. The molecule has 2 aliphatic carbocycles. The predicted molar refractivity (Wildman–Crippen MR) is 178 cm³/mol. The zero-order valence-corrected chi connectivity index (χ0v) is 28.9. The van der Waals surface area contributed by atoms with Crippen LogP contribution in [0.15, 0.2) is 85.0 Å². The molecule has 268 valence electrons. The fourth-order valence-electron chi connectivity index (χ4n) is 6.88. The van der Waals surface area contributed by atoms with Gasteiger partial charge < -0.3 is 34.3 Å². The minimum Gasteiger partial charge on any atom is -0.459 e. The summed E-state index contributed by atoms with van der Waals surface area (Å²) in [5.74, 6) is -7.17. The van der Waals surface area contributed by atoms with Crippen LogP contribution in [0.1, 0.15) is 68.7 Å². The maximum absolute atomic E-state index is 14.3. The SMILES string of the molecule is C=C1C(OC(=O)c2ccccc2)C(O)C(OC(C)=O)C(C)(C)C=CC(C)C(=O)C2(O)CC(C)(OC(C)=O)C(O)C2C1OC(=O)c1ccccc1. The van der Waals surface area contributed by atoms with Crippen molar-refractivity contribution in [1.29, 1.82) is 0 Å². The van der Waals surface area contributed by atoms with Crippen molar-refractivity contribution in [2.75, 3.05) is 0 Å². The molecule has 1 fully saturated rings. The van der Waals surface area contributed by atoms with E-state index in [-0.39, 0.29) is 16.7 Å². The van der Waals surface area contributed by atoms with Crippen LogP contribution in [-0.4, -0.2) is 86.7 Å². The largest absolute Gasteiger partial charge is 0.459 e. The van der Waals surface area contributed by atoms with E-state index in [9.17, 15) is 39.3 Å². The van der Waals surface area contributed by atoms with Gasteiger partial charge in [0.05, 0.1) is 17.0 Å². The molecule has 50 heavy (non-hydrogen) atoms. The van der Waals surface area contributed by atoms with Crippen molar-refractivity contribution in [2.45, 2.75) is 89.7 Å². The Kier molecular flexibility index (Phi) is 11.2. The van der Waals surface area contributed by atoms with Crippen LogP contribution in [0.3, 0.4) is 0 Å². The van der Waals surface area contributed by atoms with Gasteiger partial charge in [0.1, 0.15) is 35.6 Å². The predicted octanol–water partition coefficient (Wildman–Crippen LogP) is 3.52. The van der Waals surface area contributed by atoms with Crippen molar-refractivity contribution < 1.29 is 58.2 Å². The summed E-state index contributed by atoms with van der Waals surface area (Å²) >= 11 is 0. The number of Topliss-reactive ketones (excluding diaryl/α,β-unsaturated/α-hetero) is 1. The molecule has 3 N–H and O–H groups in total. The molecule has 2 aliphatic rings. The smallest absolute Gasteiger partial charge is 0.338 e. The number of aliphatic hydroxyl groups excluding tert-OH is 2. The van der Waals surface area contributed by atoms with Crippen LogP contribution in [0, 0.1) is 17.3 Å². The summed E-state index contributed by atoms with van der Waals surface area (Å²) in [6.07, 6.45) is -6.53. The first-order chi connectivity index (χ1) is 23.3. The van der Waals surface area contributed by atoms with Crippen LogP contribution < -0.4 is 0 Å². The van der Waals surface area contributed by atoms with Gasteiger partial charge in [0.2, 0.25) is 0 Å². The Balaban J connectivity index is 2.01. The first kappa shape index (κ1) is 38.2. The lowest BCUT2D eigenvalue weighted by atomic mass is 9.72. The molecular formula is C38H44O12. The number of aliphatic hydroxyl groups is 3. The number of allylic oxidation sites excluding steroid dienone is 1. The molecule has 2 aromatic rings. The second-order valence-electron chi connectivity index (χ2n) is 13.8. The van der Waals surface area contributed by atoms with Crippen molar-refractivity contribution in [3.8, 4) is 0 Å². The summed E-state index contributed by atoms with van der Waals surface area (Å²) in [4.78, 5) is 66.3. The zero-order valence-electron chi connectivity index (χ0n) is 28.9. The number of hydrogen-bond donors (Lipinski definition) is 3. The molecule has 0 amide bonds. The van der Waals surface area contributed by atoms with Gasteiger partial charge in [-0.25, -0.2) is 9.59 Å². The zero-order chi connectivity index (χ0) is 37.2. The van der Waals surface area contributed by atoms with Gasteiger partial charge in [-0.1, -0.05) is 75.9 Å². The summed E-state index contributed by atoms with van der Waals surface area (Å²) in [6.45, 7) is 12.3. The highest BCUT2D eigenvalue weighted by Gasteiger charge is 2.67. The highest BCUT2D eigenvalue weighted by Crippen LogP contribution is 2.51. The summed E-state index contributed by atoms with van der Waals surface area (Å²) in [6, 6.07) is 15.5. The van der Waals surface area contributed by atoms with E-state index >= 15 is 0 Å². The first-order valence-electron chi connectivity index (χ1n) is 16.2. The minimum absolute atomic E-state index is 0.0464. The van der Waals surface area contributed by atoms with Gasteiger partial charge in [0, 0.05) is 37.2 Å². The topological polar surface area (TPSA) is 183 Å². The molecular weight excluding hydrogens is 648 g/mol. The van der Waals surface area contributed by atoms with Gasteiger partial charge in [-0.2, -0.15) is 0 Å². The summed E-state index contributed by atoms with van der Waals surface area (Å²) < 4.78 is 23.0. The molecule has 0 heterocycles. The third kappa shape index (κ3) is 7.72. The van der Waals surface area contributed by atoms with E-state index in [2.05, 4.69) is 6.58 Å². The lowest BCUT2D eigenvalue weighted by Gasteiger charge is -2.42. The van der Waals surface area contributed by atoms with Gasteiger partial charge in [-0.3, -0.25) is 14.4 Å². The fourth-order valence-corrected chi connectivity index (χ4v) is 6.88. The number of ether oxygens (including phenoxy) is 4. The van der Waals surface area contributed by atoms with E-state index in [4.69, 9.17) is 18.9 Å².